The average molecular weight is 807 g/mol. The summed E-state index contributed by atoms with van der Waals surface area (Å²) in [6.45, 7) is 4.65. The number of carbonyl (C=O) groups is 1. The minimum absolute atomic E-state index is 0.246. The molecule has 0 saturated carbocycles. The van der Waals surface area contributed by atoms with E-state index in [0.29, 0.717) is 51.0 Å². The molecule has 0 unspecified atom stereocenters. The zero-order valence-corrected chi connectivity index (χ0v) is 29.6. The second kappa shape index (κ2) is 14.2. The van der Waals surface area contributed by atoms with Gasteiger partial charge in [-0.25, -0.2) is 4.99 Å². The summed E-state index contributed by atoms with van der Waals surface area (Å²) in [4.78, 5) is 33.5. The molecule has 10 heteroatoms. The molecule has 1 aromatic heterocycles. The molecule has 5 aromatic rings. The largest absolute Gasteiger partial charge is 0.494 e. The monoisotopic (exact) mass is 805 g/mol. The molecule has 0 saturated heterocycles. The first-order valence-corrected chi connectivity index (χ1v) is 17.3. The molecule has 1 atom stereocenters. The van der Waals surface area contributed by atoms with Crippen molar-refractivity contribution in [3.63, 3.8) is 0 Å². The molecule has 4 aromatic carbocycles. The Hall–Kier alpha value is -4.00. The maximum atomic E-state index is 14.3. The number of benzene rings is 4. The van der Waals surface area contributed by atoms with Gasteiger partial charge in [0.25, 0.3) is 11.5 Å². The van der Waals surface area contributed by atoms with Gasteiger partial charge in [0.05, 0.1) is 32.0 Å². The predicted molar refractivity (Wildman–Crippen MR) is 194 cm³/mol. The second-order valence-corrected chi connectivity index (χ2v) is 13.6. The van der Waals surface area contributed by atoms with E-state index in [1.54, 1.807) is 4.57 Å². The molecule has 0 fully saturated rings. The highest BCUT2D eigenvalue weighted by atomic mass is 127. The highest BCUT2D eigenvalue weighted by Gasteiger charge is 2.32. The van der Waals surface area contributed by atoms with E-state index in [0.717, 1.165) is 24.7 Å². The molecule has 6 rings (SSSR count). The number of hydrogen-bond acceptors (Lipinski definition) is 6. The molecule has 1 amide bonds. The Balaban J connectivity index is 1.46. The van der Waals surface area contributed by atoms with Gasteiger partial charge in [0.1, 0.15) is 18.1 Å². The van der Waals surface area contributed by atoms with Crippen LogP contribution in [-0.4, -0.2) is 17.1 Å². The van der Waals surface area contributed by atoms with Crippen LogP contribution in [0.4, 0.5) is 5.69 Å². The van der Waals surface area contributed by atoms with Crippen molar-refractivity contribution in [2.75, 3.05) is 11.9 Å². The van der Waals surface area contributed by atoms with Gasteiger partial charge in [-0.1, -0.05) is 87.9 Å². The lowest BCUT2D eigenvalue weighted by atomic mass is 9.95. The van der Waals surface area contributed by atoms with Gasteiger partial charge < -0.3 is 14.8 Å². The van der Waals surface area contributed by atoms with E-state index in [-0.39, 0.29) is 11.5 Å². The molecule has 1 N–H and O–H groups in total. The summed E-state index contributed by atoms with van der Waals surface area (Å²) in [5.41, 5.74) is 3.92. The van der Waals surface area contributed by atoms with Crippen LogP contribution in [-0.2, 0) is 11.4 Å². The van der Waals surface area contributed by atoms with E-state index in [1.807, 2.05) is 117 Å². The first-order chi connectivity index (χ1) is 22.3. The first-order valence-electron chi connectivity index (χ1n) is 14.6. The van der Waals surface area contributed by atoms with E-state index in [4.69, 9.17) is 14.5 Å². The zero-order chi connectivity index (χ0) is 32.2. The third-order valence-corrected chi connectivity index (χ3v) is 9.60. The Morgan fingerprint density at radius 2 is 1.72 bits per heavy atom. The lowest BCUT2D eigenvalue weighted by molar-refractivity contribution is -0.113. The van der Waals surface area contributed by atoms with E-state index < -0.39 is 6.04 Å². The number of ether oxygens (including phenoxy) is 2. The maximum absolute atomic E-state index is 14.3. The molecule has 232 valence electrons. The Morgan fingerprint density at radius 3 is 2.41 bits per heavy atom. The van der Waals surface area contributed by atoms with Gasteiger partial charge in [-0.3, -0.25) is 14.2 Å². The fourth-order valence-electron chi connectivity index (χ4n) is 5.27. The molecule has 1 aliphatic heterocycles. The number of thiazole rings is 1. The highest BCUT2D eigenvalue weighted by molar-refractivity contribution is 14.1. The first kappa shape index (κ1) is 32.0. The van der Waals surface area contributed by atoms with E-state index in [1.165, 1.54) is 11.3 Å². The van der Waals surface area contributed by atoms with Crippen molar-refractivity contribution in [3.8, 4) is 11.5 Å². The fourth-order valence-corrected chi connectivity index (χ4v) is 8.01. The van der Waals surface area contributed by atoms with Gasteiger partial charge in [0, 0.05) is 15.7 Å². The summed E-state index contributed by atoms with van der Waals surface area (Å²) < 4.78 is 15.8. The standard InChI is InChI=1S/C36H29BrIN3O4S/c1-3-44-28-16-14-24(15-17-28)32-31(34(42)40-27-12-8-5-9-13-27)22(2)39-36-41(32)35(43)30(46-36)19-25-18-26(37)20-29(38)33(25)45-21-23-10-6-4-7-11-23/h4-20,32H,3,21H2,1-2H3,(H,40,42)/b30-19-/t32-/m0/s1. The fraction of sp³-hybridized carbons (Fsp3) is 0.139. The number of anilines is 1. The summed E-state index contributed by atoms with van der Waals surface area (Å²) >= 11 is 7.14. The van der Waals surface area contributed by atoms with E-state index in [2.05, 4.69) is 43.8 Å². The minimum atomic E-state index is -0.700. The summed E-state index contributed by atoms with van der Waals surface area (Å²) in [5.74, 6) is 1.07. The average Bonchev–Trinajstić information content (AvgIpc) is 3.35. The number of fused-ring (bicyclic) bond motifs is 1. The molecule has 7 nitrogen and oxygen atoms in total. The number of para-hydroxylation sites is 1. The molecule has 0 bridgehead atoms. The summed E-state index contributed by atoms with van der Waals surface area (Å²) in [7, 11) is 0. The van der Waals surface area contributed by atoms with Crippen molar-refractivity contribution < 1.29 is 14.3 Å². The van der Waals surface area contributed by atoms with Gasteiger partial charge >= 0.3 is 0 Å². The van der Waals surface area contributed by atoms with E-state index >= 15 is 0 Å². The van der Waals surface area contributed by atoms with Gasteiger partial charge in [-0.05, 0) is 90.0 Å². The van der Waals surface area contributed by atoms with Gasteiger partial charge in [-0.2, -0.15) is 0 Å². The lowest BCUT2D eigenvalue weighted by Gasteiger charge is -2.25. The molecule has 0 aliphatic carbocycles. The molecular weight excluding hydrogens is 777 g/mol. The molecule has 0 spiro atoms. The number of hydrogen-bond donors (Lipinski definition) is 1. The highest BCUT2D eigenvalue weighted by Crippen LogP contribution is 2.33. The van der Waals surface area contributed by atoms with Crippen LogP contribution in [0.15, 0.2) is 123 Å². The minimum Gasteiger partial charge on any atom is -0.494 e. The van der Waals surface area contributed by atoms with E-state index in [9.17, 15) is 9.59 Å². The van der Waals surface area contributed by atoms with Crippen LogP contribution in [0.1, 0.15) is 36.6 Å². The summed E-state index contributed by atoms with van der Waals surface area (Å²) in [6, 6.07) is 29.9. The number of halogens is 2. The Kier molecular flexibility index (Phi) is 9.86. The van der Waals surface area contributed by atoms with Crippen LogP contribution >= 0.6 is 49.9 Å². The number of aromatic nitrogens is 1. The van der Waals surface area contributed by atoms with Crippen LogP contribution in [0, 0.1) is 3.57 Å². The zero-order valence-electron chi connectivity index (χ0n) is 25.0. The van der Waals surface area contributed by atoms with Crippen molar-refractivity contribution in [2.24, 2.45) is 4.99 Å². The van der Waals surface area contributed by atoms with Crippen molar-refractivity contribution in [1.29, 1.82) is 0 Å². The molecule has 46 heavy (non-hydrogen) atoms. The number of nitrogens with zero attached hydrogens (tertiary/aromatic N) is 2. The Morgan fingerprint density at radius 1 is 1.02 bits per heavy atom. The number of amides is 1. The number of carbonyl (C=O) groups excluding carboxylic acids is 1. The number of rotatable bonds is 9. The van der Waals surface area contributed by atoms with Gasteiger partial charge in [-0.15, -0.1) is 0 Å². The summed E-state index contributed by atoms with van der Waals surface area (Å²) in [6.07, 6.45) is 1.84. The van der Waals surface area contributed by atoms with Crippen molar-refractivity contribution in [1.82, 2.24) is 4.57 Å². The quantitative estimate of drug-likeness (QED) is 0.160. The van der Waals surface area contributed by atoms with Crippen LogP contribution < -0.4 is 29.7 Å². The Labute approximate surface area is 292 Å². The predicted octanol–water partition coefficient (Wildman–Crippen LogP) is 7.22. The normalized spacial score (nSPS) is 14.4. The Bertz CT molecular complexity index is 2110. The SMILES string of the molecule is CCOc1ccc([C@H]2C(C(=O)Nc3ccccc3)=C(C)N=c3s/c(=C\c4cc(Br)cc(I)c4OCc4ccccc4)c(=O)n32)cc1. The number of nitrogens with one attached hydrogen (secondary N) is 1. The van der Waals surface area contributed by atoms with Crippen LogP contribution in [0.25, 0.3) is 6.08 Å². The van der Waals surface area contributed by atoms with Crippen LogP contribution in [0.3, 0.4) is 0 Å². The van der Waals surface area contributed by atoms with Crippen LogP contribution in [0.5, 0.6) is 11.5 Å². The van der Waals surface area contributed by atoms with Crippen LogP contribution in [0.2, 0.25) is 0 Å². The van der Waals surface area contributed by atoms with Crippen molar-refractivity contribution in [3.05, 3.63) is 153 Å². The third kappa shape index (κ3) is 6.89. The molecule has 1 aliphatic rings. The van der Waals surface area contributed by atoms with Crippen molar-refractivity contribution in [2.45, 2.75) is 26.5 Å². The molecule has 2 heterocycles. The molecular formula is C36H29BrIN3O4S. The third-order valence-electron chi connectivity index (χ3n) is 7.35. The molecule has 0 radical (unpaired) electrons. The summed E-state index contributed by atoms with van der Waals surface area (Å²) in [5, 5.41) is 2.99. The maximum Gasteiger partial charge on any atom is 0.271 e. The van der Waals surface area contributed by atoms with Crippen molar-refractivity contribution >= 4 is 67.5 Å². The smallest absolute Gasteiger partial charge is 0.271 e. The second-order valence-electron chi connectivity index (χ2n) is 10.5. The van der Waals surface area contributed by atoms with Gasteiger partial charge in [0.15, 0.2) is 4.80 Å². The number of allylic oxidation sites excluding steroid dienone is 1. The lowest BCUT2D eigenvalue weighted by Crippen LogP contribution is -2.40. The van der Waals surface area contributed by atoms with Gasteiger partial charge in [0.2, 0.25) is 0 Å². The topological polar surface area (TPSA) is 81.9 Å².